The van der Waals surface area contributed by atoms with E-state index in [1.807, 2.05) is 6.92 Å². The number of allylic oxidation sites excluding steroid dienone is 4. The van der Waals surface area contributed by atoms with Crippen LogP contribution in [0.4, 0.5) is 0 Å². The summed E-state index contributed by atoms with van der Waals surface area (Å²) >= 11 is 0. The largest absolute Gasteiger partial charge is 0.466 e. The van der Waals surface area contributed by atoms with E-state index < -0.39 is 0 Å². The zero-order chi connectivity index (χ0) is 16.0. The summed E-state index contributed by atoms with van der Waals surface area (Å²) in [4.78, 5) is 11.2. The van der Waals surface area contributed by atoms with Gasteiger partial charge in [0.05, 0.1) is 6.61 Å². The van der Waals surface area contributed by atoms with E-state index in [4.69, 9.17) is 4.74 Å². The number of carbonyl (C=O) groups is 1. The van der Waals surface area contributed by atoms with E-state index in [1.54, 1.807) is 5.57 Å². The van der Waals surface area contributed by atoms with E-state index in [-0.39, 0.29) is 5.97 Å². The van der Waals surface area contributed by atoms with Crippen molar-refractivity contribution < 1.29 is 9.53 Å². The maximum absolute atomic E-state index is 11.2. The maximum Gasteiger partial charge on any atom is 0.305 e. The second-order valence-electron chi connectivity index (χ2n) is 6.39. The molecular formula is C20H34O2. The molecular weight excluding hydrogens is 272 g/mol. The van der Waals surface area contributed by atoms with Crippen molar-refractivity contribution in [2.75, 3.05) is 6.61 Å². The highest BCUT2D eigenvalue weighted by atomic mass is 16.5. The minimum absolute atomic E-state index is 0.0440. The van der Waals surface area contributed by atoms with Crippen LogP contribution in [0.1, 0.15) is 84.5 Å². The SMILES string of the molecule is CCOC(=O)CCCCCCCC=CCC1CCCC=C1C. The molecule has 0 aromatic heterocycles. The van der Waals surface area contributed by atoms with E-state index in [1.165, 1.54) is 51.4 Å². The highest BCUT2D eigenvalue weighted by molar-refractivity contribution is 5.69. The third kappa shape index (κ3) is 9.07. The lowest BCUT2D eigenvalue weighted by atomic mass is 9.86. The monoisotopic (exact) mass is 306 g/mol. The van der Waals surface area contributed by atoms with E-state index in [9.17, 15) is 4.79 Å². The van der Waals surface area contributed by atoms with Crippen molar-refractivity contribution in [3.8, 4) is 0 Å². The van der Waals surface area contributed by atoms with Gasteiger partial charge in [0.2, 0.25) is 0 Å². The Hall–Kier alpha value is -1.05. The van der Waals surface area contributed by atoms with Gasteiger partial charge in [-0.1, -0.05) is 43.1 Å². The number of esters is 1. The molecule has 0 heterocycles. The molecule has 1 atom stereocenters. The van der Waals surface area contributed by atoms with Crippen LogP contribution in [-0.4, -0.2) is 12.6 Å². The molecule has 2 heteroatoms. The van der Waals surface area contributed by atoms with Crippen LogP contribution in [0, 0.1) is 5.92 Å². The van der Waals surface area contributed by atoms with E-state index >= 15 is 0 Å². The molecule has 0 aliphatic heterocycles. The fraction of sp³-hybridized carbons (Fsp3) is 0.750. The maximum atomic E-state index is 11.2. The summed E-state index contributed by atoms with van der Waals surface area (Å²) in [6.45, 7) is 4.65. The Kier molecular flexibility index (Phi) is 10.8. The van der Waals surface area contributed by atoms with Gasteiger partial charge in [0.25, 0.3) is 0 Å². The summed E-state index contributed by atoms with van der Waals surface area (Å²) in [6, 6.07) is 0. The average Bonchev–Trinajstić information content (AvgIpc) is 2.51. The van der Waals surface area contributed by atoms with Gasteiger partial charge in [-0.2, -0.15) is 0 Å². The zero-order valence-electron chi connectivity index (χ0n) is 14.6. The summed E-state index contributed by atoms with van der Waals surface area (Å²) < 4.78 is 4.92. The molecule has 1 aliphatic carbocycles. The van der Waals surface area contributed by atoms with Crippen LogP contribution in [0.15, 0.2) is 23.8 Å². The Morgan fingerprint density at radius 3 is 2.77 bits per heavy atom. The topological polar surface area (TPSA) is 26.3 Å². The van der Waals surface area contributed by atoms with Crippen molar-refractivity contribution in [2.45, 2.75) is 84.5 Å². The molecule has 1 unspecified atom stereocenters. The fourth-order valence-corrected chi connectivity index (χ4v) is 3.07. The smallest absolute Gasteiger partial charge is 0.305 e. The molecule has 1 aliphatic rings. The van der Waals surface area contributed by atoms with Gasteiger partial charge in [-0.25, -0.2) is 0 Å². The molecule has 22 heavy (non-hydrogen) atoms. The molecule has 0 aromatic carbocycles. The predicted octanol–water partition coefficient (Wildman–Crippen LogP) is 5.97. The number of carbonyl (C=O) groups excluding carboxylic acids is 1. The van der Waals surface area contributed by atoms with Crippen LogP contribution < -0.4 is 0 Å². The van der Waals surface area contributed by atoms with Crippen LogP contribution in [-0.2, 0) is 9.53 Å². The zero-order valence-corrected chi connectivity index (χ0v) is 14.6. The lowest BCUT2D eigenvalue weighted by Gasteiger charge is -2.20. The summed E-state index contributed by atoms with van der Waals surface area (Å²) in [7, 11) is 0. The Morgan fingerprint density at radius 2 is 2.00 bits per heavy atom. The highest BCUT2D eigenvalue weighted by Crippen LogP contribution is 2.27. The summed E-state index contributed by atoms with van der Waals surface area (Å²) in [6.07, 6.45) is 20.1. The first-order valence-electron chi connectivity index (χ1n) is 9.21. The summed E-state index contributed by atoms with van der Waals surface area (Å²) in [5.74, 6) is 0.755. The molecule has 2 nitrogen and oxygen atoms in total. The Bertz CT molecular complexity index is 355. The van der Waals surface area contributed by atoms with Crippen molar-refractivity contribution >= 4 is 5.97 Å². The lowest BCUT2D eigenvalue weighted by molar-refractivity contribution is -0.143. The third-order valence-electron chi connectivity index (χ3n) is 4.51. The molecule has 1 rings (SSSR count). The van der Waals surface area contributed by atoms with E-state index in [0.717, 1.165) is 18.8 Å². The fourth-order valence-electron chi connectivity index (χ4n) is 3.07. The Morgan fingerprint density at radius 1 is 1.23 bits per heavy atom. The number of hydrogen-bond donors (Lipinski definition) is 0. The molecule has 0 N–H and O–H groups in total. The van der Waals surface area contributed by atoms with Gasteiger partial charge < -0.3 is 4.74 Å². The van der Waals surface area contributed by atoms with Gasteiger partial charge in [-0.05, 0) is 64.7 Å². The molecule has 0 saturated heterocycles. The van der Waals surface area contributed by atoms with E-state index in [0.29, 0.717) is 13.0 Å². The van der Waals surface area contributed by atoms with Crippen molar-refractivity contribution in [3.05, 3.63) is 23.8 Å². The first-order chi connectivity index (χ1) is 10.7. The normalized spacial score (nSPS) is 18.5. The second-order valence-corrected chi connectivity index (χ2v) is 6.39. The molecule has 0 spiro atoms. The summed E-state index contributed by atoms with van der Waals surface area (Å²) in [5, 5.41) is 0. The van der Waals surface area contributed by atoms with Gasteiger partial charge in [0.15, 0.2) is 0 Å². The second kappa shape index (κ2) is 12.5. The standard InChI is InChI=1S/C20H34O2/c1-3-22-20(21)17-11-9-7-5-4-6-8-10-15-19-16-13-12-14-18(19)2/h8,10,14,19H,3-7,9,11-13,15-17H2,1-2H3. The molecule has 0 aromatic rings. The molecule has 0 amide bonds. The molecule has 0 saturated carbocycles. The minimum Gasteiger partial charge on any atom is -0.466 e. The van der Waals surface area contributed by atoms with Crippen LogP contribution in [0.5, 0.6) is 0 Å². The van der Waals surface area contributed by atoms with Gasteiger partial charge in [-0.3, -0.25) is 4.79 Å². The van der Waals surface area contributed by atoms with Gasteiger partial charge in [0.1, 0.15) is 0 Å². The van der Waals surface area contributed by atoms with Gasteiger partial charge in [-0.15, -0.1) is 0 Å². The number of hydrogen-bond acceptors (Lipinski definition) is 2. The Labute approximate surface area is 137 Å². The van der Waals surface area contributed by atoms with Gasteiger partial charge >= 0.3 is 5.97 Å². The number of ether oxygens (including phenoxy) is 1. The van der Waals surface area contributed by atoms with Crippen LogP contribution >= 0.6 is 0 Å². The number of rotatable bonds is 11. The first-order valence-corrected chi connectivity index (χ1v) is 9.21. The first kappa shape index (κ1) is 19.0. The molecule has 0 bridgehead atoms. The van der Waals surface area contributed by atoms with Crippen molar-refractivity contribution in [1.29, 1.82) is 0 Å². The van der Waals surface area contributed by atoms with E-state index in [2.05, 4.69) is 25.2 Å². The van der Waals surface area contributed by atoms with Crippen molar-refractivity contribution in [1.82, 2.24) is 0 Å². The molecule has 126 valence electrons. The van der Waals surface area contributed by atoms with Crippen LogP contribution in [0.3, 0.4) is 0 Å². The van der Waals surface area contributed by atoms with Crippen molar-refractivity contribution in [3.63, 3.8) is 0 Å². The highest BCUT2D eigenvalue weighted by Gasteiger charge is 2.11. The molecule has 0 radical (unpaired) electrons. The average molecular weight is 306 g/mol. The van der Waals surface area contributed by atoms with Gasteiger partial charge in [0, 0.05) is 6.42 Å². The number of unbranched alkanes of at least 4 members (excludes halogenated alkanes) is 5. The van der Waals surface area contributed by atoms with Crippen LogP contribution in [0.2, 0.25) is 0 Å². The molecule has 0 fully saturated rings. The quantitative estimate of drug-likeness (QED) is 0.267. The third-order valence-corrected chi connectivity index (χ3v) is 4.51. The minimum atomic E-state index is -0.0440. The van der Waals surface area contributed by atoms with Crippen molar-refractivity contribution in [2.24, 2.45) is 5.92 Å². The predicted molar refractivity (Wildman–Crippen MR) is 93.8 cm³/mol. The van der Waals surface area contributed by atoms with Crippen LogP contribution in [0.25, 0.3) is 0 Å². The Balaban J connectivity index is 1.91. The summed E-state index contributed by atoms with van der Waals surface area (Å²) in [5.41, 5.74) is 1.59. The lowest BCUT2D eigenvalue weighted by Crippen LogP contribution is -2.04.